The summed E-state index contributed by atoms with van der Waals surface area (Å²) in [4.78, 5) is 14.6. The van der Waals surface area contributed by atoms with E-state index in [1.165, 1.54) is 60.5 Å². The standard InChI is InChI=1S/C58H54N4/c1-8-42-21-11-14-28-49(42)57(4,5)51-38-46(62(56-32-16-18-36-60-56)54-30-20-25-44-23-10-13-27-48(44)54)39-52(41(51)3)58(6,7)50-37-45(34-33-40(50)2)61(55-31-15-17-35-59-55)53-29-19-24-43-22-9-12-26-47(43)53/h9-39H,8H2,1-7H3. The molecule has 9 rings (SSSR count). The van der Waals surface area contributed by atoms with Crippen molar-refractivity contribution in [2.45, 2.75) is 65.7 Å². The third-order valence-electron chi connectivity index (χ3n) is 13.0. The van der Waals surface area contributed by atoms with Crippen LogP contribution in [0, 0.1) is 13.8 Å². The summed E-state index contributed by atoms with van der Waals surface area (Å²) in [5, 5.41) is 4.72. The Hall–Kier alpha value is -7.04. The fourth-order valence-electron chi connectivity index (χ4n) is 9.85. The third kappa shape index (κ3) is 7.20. The summed E-state index contributed by atoms with van der Waals surface area (Å²) in [7, 11) is 0. The molecule has 2 heterocycles. The molecule has 306 valence electrons. The molecular formula is C58H54N4. The molecular weight excluding hydrogens is 753 g/mol. The highest BCUT2D eigenvalue weighted by Gasteiger charge is 2.35. The molecule has 7 aromatic carbocycles. The Labute approximate surface area is 367 Å². The Morgan fingerprint density at radius 3 is 1.45 bits per heavy atom. The maximum absolute atomic E-state index is 5.03. The van der Waals surface area contributed by atoms with Crippen LogP contribution in [0.25, 0.3) is 21.5 Å². The van der Waals surface area contributed by atoms with Crippen molar-refractivity contribution in [3.05, 3.63) is 227 Å². The minimum Gasteiger partial charge on any atom is -0.294 e. The quantitative estimate of drug-likeness (QED) is 0.130. The summed E-state index contributed by atoms with van der Waals surface area (Å²) in [5.74, 6) is 1.74. The lowest BCUT2D eigenvalue weighted by molar-refractivity contribution is 0.603. The maximum Gasteiger partial charge on any atom is 0.137 e. The minimum absolute atomic E-state index is 0.326. The van der Waals surface area contributed by atoms with E-state index in [1.54, 1.807) is 0 Å². The van der Waals surface area contributed by atoms with Gasteiger partial charge in [0.1, 0.15) is 11.6 Å². The van der Waals surface area contributed by atoms with Crippen molar-refractivity contribution in [3.63, 3.8) is 0 Å². The van der Waals surface area contributed by atoms with Gasteiger partial charge in [0.15, 0.2) is 0 Å². The van der Waals surface area contributed by atoms with E-state index in [9.17, 15) is 0 Å². The molecule has 2 aromatic heterocycles. The summed E-state index contributed by atoms with van der Waals surface area (Å²) in [6.07, 6.45) is 4.74. The molecule has 0 saturated heterocycles. The first-order valence-corrected chi connectivity index (χ1v) is 21.8. The van der Waals surface area contributed by atoms with E-state index in [1.807, 2.05) is 24.5 Å². The first-order chi connectivity index (χ1) is 30.1. The van der Waals surface area contributed by atoms with E-state index in [4.69, 9.17) is 9.97 Å². The lowest BCUT2D eigenvalue weighted by atomic mass is 9.68. The van der Waals surface area contributed by atoms with Crippen LogP contribution in [0.1, 0.15) is 73.6 Å². The van der Waals surface area contributed by atoms with Crippen LogP contribution in [-0.2, 0) is 17.3 Å². The highest BCUT2D eigenvalue weighted by atomic mass is 15.2. The fraction of sp³-hybridized carbons (Fsp3) is 0.172. The number of fused-ring (bicyclic) bond motifs is 2. The third-order valence-corrected chi connectivity index (χ3v) is 13.0. The van der Waals surface area contributed by atoms with Crippen molar-refractivity contribution in [3.8, 4) is 0 Å². The van der Waals surface area contributed by atoms with Gasteiger partial charge in [-0.05, 0) is 131 Å². The Balaban J connectivity index is 1.30. The molecule has 0 aliphatic heterocycles. The normalized spacial score (nSPS) is 11.9. The SMILES string of the molecule is CCc1ccccc1C(C)(C)c1cc(N(c2ccccn2)c2cccc3ccccc23)cc(C(C)(C)c2cc(N(c3ccccn3)c3cccc4ccccc34)ccc2C)c1C. The van der Waals surface area contributed by atoms with E-state index in [-0.39, 0.29) is 5.41 Å². The van der Waals surface area contributed by atoms with Gasteiger partial charge in [0.2, 0.25) is 0 Å². The van der Waals surface area contributed by atoms with Gasteiger partial charge in [-0.25, -0.2) is 9.97 Å². The molecule has 0 atom stereocenters. The second-order valence-corrected chi connectivity index (χ2v) is 17.5. The largest absolute Gasteiger partial charge is 0.294 e. The summed E-state index contributed by atoms with van der Waals surface area (Å²) in [6.45, 7) is 16.4. The highest BCUT2D eigenvalue weighted by molar-refractivity contribution is 6.00. The van der Waals surface area contributed by atoms with Crippen LogP contribution < -0.4 is 9.80 Å². The topological polar surface area (TPSA) is 32.3 Å². The smallest absolute Gasteiger partial charge is 0.137 e. The summed E-state index contributed by atoms with van der Waals surface area (Å²) < 4.78 is 0. The van der Waals surface area contributed by atoms with E-state index in [0.29, 0.717) is 0 Å². The van der Waals surface area contributed by atoms with Gasteiger partial charge >= 0.3 is 0 Å². The lowest BCUT2D eigenvalue weighted by Crippen LogP contribution is -2.28. The van der Waals surface area contributed by atoms with Gasteiger partial charge in [-0.3, -0.25) is 9.80 Å². The van der Waals surface area contributed by atoms with E-state index in [2.05, 4.69) is 222 Å². The molecule has 0 N–H and O–H groups in total. The van der Waals surface area contributed by atoms with Crippen LogP contribution in [0.4, 0.5) is 34.4 Å². The molecule has 4 nitrogen and oxygen atoms in total. The molecule has 9 aromatic rings. The van der Waals surface area contributed by atoms with Crippen molar-refractivity contribution in [1.29, 1.82) is 0 Å². The van der Waals surface area contributed by atoms with E-state index < -0.39 is 5.41 Å². The van der Waals surface area contributed by atoms with E-state index in [0.717, 1.165) is 40.8 Å². The van der Waals surface area contributed by atoms with Crippen LogP contribution in [0.3, 0.4) is 0 Å². The average Bonchev–Trinajstić information content (AvgIpc) is 3.30. The van der Waals surface area contributed by atoms with Crippen molar-refractivity contribution in [2.75, 3.05) is 9.80 Å². The molecule has 62 heavy (non-hydrogen) atoms. The van der Waals surface area contributed by atoms with Crippen molar-refractivity contribution in [2.24, 2.45) is 0 Å². The predicted octanol–water partition coefficient (Wildman–Crippen LogP) is 15.6. The Morgan fingerprint density at radius 1 is 0.435 bits per heavy atom. The molecule has 0 unspecified atom stereocenters. The van der Waals surface area contributed by atoms with Gasteiger partial charge in [-0.1, -0.05) is 150 Å². The van der Waals surface area contributed by atoms with Crippen LogP contribution in [0.2, 0.25) is 0 Å². The number of nitrogens with zero attached hydrogens (tertiary/aromatic N) is 4. The highest BCUT2D eigenvalue weighted by Crippen LogP contribution is 2.48. The summed E-state index contributed by atoms with van der Waals surface area (Å²) in [6, 6.07) is 63.5. The molecule has 0 amide bonds. The Bertz CT molecular complexity index is 3030. The Kier molecular flexibility index (Phi) is 10.7. The first-order valence-electron chi connectivity index (χ1n) is 21.8. The van der Waals surface area contributed by atoms with Crippen LogP contribution in [0.15, 0.2) is 188 Å². The van der Waals surface area contributed by atoms with Gasteiger partial charge in [0.05, 0.1) is 11.4 Å². The fourth-order valence-corrected chi connectivity index (χ4v) is 9.85. The molecule has 0 spiro atoms. The Morgan fingerprint density at radius 2 is 0.903 bits per heavy atom. The number of hydrogen-bond acceptors (Lipinski definition) is 4. The second kappa shape index (κ2) is 16.4. The number of anilines is 6. The number of rotatable bonds is 11. The van der Waals surface area contributed by atoms with Gasteiger partial charge in [-0.2, -0.15) is 0 Å². The molecule has 0 bridgehead atoms. The first kappa shape index (κ1) is 40.4. The molecule has 4 heteroatoms. The zero-order valence-electron chi connectivity index (χ0n) is 36.9. The summed E-state index contributed by atoms with van der Waals surface area (Å²) in [5.41, 5.74) is 12.6. The maximum atomic E-state index is 5.03. The van der Waals surface area contributed by atoms with Gasteiger partial charge in [0.25, 0.3) is 0 Å². The number of hydrogen-bond donors (Lipinski definition) is 0. The zero-order chi connectivity index (χ0) is 43.0. The monoisotopic (exact) mass is 806 g/mol. The molecule has 0 aliphatic rings. The summed E-state index contributed by atoms with van der Waals surface area (Å²) >= 11 is 0. The van der Waals surface area contributed by atoms with Gasteiger partial charge in [0, 0.05) is 45.4 Å². The van der Waals surface area contributed by atoms with Crippen molar-refractivity contribution >= 4 is 55.9 Å². The molecule has 0 aliphatic carbocycles. The molecule has 0 radical (unpaired) electrons. The van der Waals surface area contributed by atoms with Crippen LogP contribution in [-0.4, -0.2) is 9.97 Å². The number of pyridine rings is 2. The average molecular weight is 807 g/mol. The number of aryl methyl sites for hydroxylation is 2. The van der Waals surface area contributed by atoms with Crippen molar-refractivity contribution < 1.29 is 0 Å². The lowest BCUT2D eigenvalue weighted by Gasteiger charge is -2.38. The van der Waals surface area contributed by atoms with Gasteiger partial charge in [-0.15, -0.1) is 0 Å². The predicted molar refractivity (Wildman–Crippen MR) is 262 cm³/mol. The molecule has 0 fully saturated rings. The van der Waals surface area contributed by atoms with Gasteiger partial charge < -0.3 is 0 Å². The molecule has 0 saturated carbocycles. The van der Waals surface area contributed by atoms with E-state index >= 15 is 0 Å². The zero-order valence-corrected chi connectivity index (χ0v) is 36.9. The van der Waals surface area contributed by atoms with Crippen LogP contribution in [0.5, 0.6) is 0 Å². The number of aromatic nitrogens is 2. The number of benzene rings is 7. The second-order valence-electron chi connectivity index (χ2n) is 17.5. The minimum atomic E-state index is -0.446. The van der Waals surface area contributed by atoms with Crippen LogP contribution >= 0.6 is 0 Å². The van der Waals surface area contributed by atoms with Crippen molar-refractivity contribution in [1.82, 2.24) is 9.97 Å².